The Bertz CT molecular complexity index is 261. The lowest BCUT2D eigenvalue weighted by atomic mass is 10.1. The lowest BCUT2D eigenvalue weighted by Gasteiger charge is -2.07. The first-order valence-corrected chi connectivity index (χ1v) is 5.05. The molecule has 0 radical (unpaired) electrons. The Kier molecular flexibility index (Phi) is 2.64. The summed E-state index contributed by atoms with van der Waals surface area (Å²) < 4.78 is 1.87. The summed E-state index contributed by atoms with van der Waals surface area (Å²) in [4.78, 5) is 0. The largest absolute Gasteiger partial charge is 0.314 e. The van der Waals surface area contributed by atoms with Crippen molar-refractivity contribution >= 4 is 0 Å². The van der Waals surface area contributed by atoms with Crippen LogP contribution in [0.5, 0.6) is 0 Å². The average molecular weight is 179 g/mol. The van der Waals surface area contributed by atoms with Crippen LogP contribution in [0.15, 0.2) is 12.4 Å². The van der Waals surface area contributed by atoms with Gasteiger partial charge in [-0.3, -0.25) is 4.68 Å². The third kappa shape index (κ3) is 2.31. The van der Waals surface area contributed by atoms with Gasteiger partial charge in [-0.1, -0.05) is 0 Å². The highest BCUT2D eigenvalue weighted by Crippen LogP contribution is 2.11. The van der Waals surface area contributed by atoms with E-state index in [0.717, 1.165) is 12.5 Å². The second kappa shape index (κ2) is 3.92. The molecule has 2 heterocycles. The number of aryl methyl sites for hydroxylation is 2. The molecule has 1 aliphatic rings. The first-order valence-electron chi connectivity index (χ1n) is 5.05. The Balaban J connectivity index is 1.78. The second-order valence-corrected chi connectivity index (χ2v) is 3.85. The van der Waals surface area contributed by atoms with E-state index in [2.05, 4.69) is 16.6 Å². The van der Waals surface area contributed by atoms with E-state index in [-0.39, 0.29) is 0 Å². The molecular formula is C10H17N3. The number of hydrogen-bond donors (Lipinski definition) is 1. The van der Waals surface area contributed by atoms with E-state index in [1.807, 2.05) is 17.9 Å². The van der Waals surface area contributed by atoms with Gasteiger partial charge in [-0.15, -0.1) is 0 Å². The fourth-order valence-electron chi connectivity index (χ4n) is 1.94. The quantitative estimate of drug-likeness (QED) is 0.753. The average Bonchev–Trinajstić information content (AvgIpc) is 2.71. The first kappa shape index (κ1) is 8.75. The zero-order valence-corrected chi connectivity index (χ0v) is 8.16. The summed E-state index contributed by atoms with van der Waals surface area (Å²) in [5.41, 5.74) is 1.36. The van der Waals surface area contributed by atoms with Crippen molar-refractivity contribution < 1.29 is 0 Å². The summed E-state index contributed by atoms with van der Waals surface area (Å²) in [6.07, 6.45) is 9.18. The van der Waals surface area contributed by atoms with Crippen LogP contribution in [0.25, 0.3) is 0 Å². The maximum atomic E-state index is 4.16. The van der Waals surface area contributed by atoms with Gasteiger partial charge in [0.25, 0.3) is 0 Å². The van der Waals surface area contributed by atoms with Gasteiger partial charge in [-0.2, -0.15) is 5.10 Å². The molecule has 1 saturated heterocycles. The zero-order chi connectivity index (χ0) is 9.10. The van der Waals surface area contributed by atoms with E-state index >= 15 is 0 Å². The predicted octanol–water partition coefficient (Wildman–Crippen LogP) is 1.10. The molecule has 2 rings (SSSR count). The van der Waals surface area contributed by atoms with Crippen LogP contribution in [0, 0.1) is 0 Å². The monoisotopic (exact) mass is 179 g/mol. The van der Waals surface area contributed by atoms with Crippen LogP contribution in [0.2, 0.25) is 0 Å². The van der Waals surface area contributed by atoms with Crippen molar-refractivity contribution in [2.75, 3.05) is 6.54 Å². The number of nitrogens with zero attached hydrogens (tertiary/aromatic N) is 2. The maximum absolute atomic E-state index is 4.16. The highest BCUT2D eigenvalue weighted by atomic mass is 15.2. The van der Waals surface area contributed by atoms with Crippen molar-refractivity contribution in [2.24, 2.45) is 7.05 Å². The van der Waals surface area contributed by atoms with Crippen LogP contribution < -0.4 is 5.32 Å². The summed E-state index contributed by atoms with van der Waals surface area (Å²) in [6.45, 7) is 1.21. The molecule has 0 aromatic carbocycles. The third-order valence-corrected chi connectivity index (χ3v) is 2.70. The molecule has 1 aromatic heterocycles. The third-order valence-electron chi connectivity index (χ3n) is 2.70. The lowest BCUT2D eigenvalue weighted by Crippen LogP contribution is -2.21. The number of rotatable bonds is 3. The minimum Gasteiger partial charge on any atom is -0.314 e. The van der Waals surface area contributed by atoms with Gasteiger partial charge in [0.05, 0.1) is 6.20 Å². The molecule has 1 fully saturated rings. The van der Waals surface area contributed by atoms with Crippen LogP contribution in [-0.2, 0) is 13.5 Å². The summed E-state index contributed by atoms with van der Waals surface area (Å²) in [5.74, 6) is 0. The van der Waals surface area contributed by atoms with E-state index in [1.54, 1.807) is 0 Å². The van der Waals surface area contributed by atoms with Crippen LogP contribution >= 0.6 is 0 Å². The smallest absolute Gasteiger partial charge is 0.0521 e. The first-order chi connectivity index (χ1) is 6.34. The lowest BCUT2D eigenvalue weighted by molar-refractivity contribution is 0.559. The SMILES string of the molecule is Cn1cc(CCC2CCCN2)cn1. The number of aromatic nitrogens is 2. The fourth-order valence-corrected chi connectivity index (χ4v) is 1.94. The van der Waals surface area contributed by atoms with Gasteiger partial charge < -0.3 is 5.32 Å². The fraction of sp³-hybridized carbons (Fsp3) is 0.700. The van der Waals surface area contributed by atoms with Gasteiger partial charge in [-0.05, 0) is 37.8 Å². The van der Waals surface area contributed by atoms with E-state index < -0.39 is 0 Å². The van der Waals surface area contributed by atoms with Gasteiger partial charge in [0.2, 0.25) is 0 Å². The Morgan fingerprint density at radius 2 is 2.62 bits per heavy atom. The van der Waals surface area contributed by atoms with Gasteiger partial charge >= 0.3 is 0 Å². The van der Waals surface area contributed by atoms with Gasteiger partial charge in [0.15, 0.2) is 0 Å². The van der Waals surface area contributed by atoms with Crippen molar-refractivity contribution in [1.82, 2.24) is 15.1 Å². The zero-order valence-electron chi connectivity index (χ0n) is 8.16. The molecule has 0 saturated carbocycles. The molecule has 72 valence electrons. The Morgan fingerprint density at radius 1 is 1.69 bits per heavy atom. The van der Waals surface area contributed by atoms with Crippen molar-refractivity contribution in [1.29, 1.82) is 0 Å². The highest BCUT2D eigenvalue weighted by molar-refractivity contribution is 5.04. The highest BCUT2D eigenvalue weighted by Gasteiger charge is 2.13. The molecule has 1 aromatic rings. The minimum atomic E-state index is 0.750. The van der Waals surface area contributed by atoms with Gasteiger partial charge in [0.1, 0.15) is 0 Å². The van der Waals surface area contributed by atoms with Gasteiger partial charge in [-0.25, -0.2) is 0 Å². The predicted molar refractivity (Wildman–Crippen MR) is 52.6 cm³/mol. The topological polar surface area (TPSA) is 29.9 Å². The Labute approximate surface area is 79.1 Å². The second-order valence-electron chi connectivity index (χ2n) is 3.85. The van der Waals surface area contributed by atoms with E-state index in [4.69, 9.17) is 0 Å². The van der Waals surface area contributed by atoms with Crippen LogP contribution in [0.1, 0.15) is 24.8 Å². The standard InChI is InChI=1S/C10H17N3/c1-13-8-9(7-12-13)4-5-10-3-2-6-11-10/h7-8,10-11H,2-6H2,1H3. The number of nitrogens with one attached hydrogen (secondary N) is 1. The van der Waals surface area contributed by atoms with Crippen LogP contribution in [0.3, 0.4) is 0 Å². The Hall–Kier alpha value is -0.830. The van der Waals surface area contributed by atoms with Gasteiger partial charge in [0, 0.05) is 19.3 Å². The molecule has 1 unspecified atom stereocenters. The molecule has 1 atom stereocenters. The molecule has 1 N–H and O–H groups in total. The summed E-state index contributed by atoms with van der Waals surface area (Å²) in [6, 6.07) is 0.750. The minimum absolute atomic E-state index is 0.750. The van der Waals surface area contributed by atoms with Crippen LogP contribution in [-0.4, -0.2) is 22.4 Å². The molecule has 13 heavy (non-hydrogen) atoms. The maximum Gasteiger partial charge on any atom is 0.0521 e. The molecule has 3 nitrogen and oxygen atoms in total. The molecule has 0 aliphatic carbocycles. The summed E-state index contributed by atoms with van der Waals surface area (Å²) in [5, 5.41) is 7.66. The number of hydrogen-bond acceptors (Lipinski definition) is 2. The van der Waals surface area contributed by atoms with E-state index in [9.17, 15) is 0 Å². The van der Waals surface area contributed by atoms with Crippen molar-refractivity contribution in [3.8, 4) is 0 Å². The van der Waals surface area contributed by atoms with E-state index in [1.165, 1.54) is 31.4 Å². The summed E-state index contributed by atoms with van der Waals surface area (Å²) >= 11 is 0. The molecule has 1 aliphatic heterocycles. The molecule has 0 bridgehead atoms. The molecule has 0 amide bonds. The van der Waals surface area contributed by atoms with Crippen LogP contribution in [0.4, 0.5) is 0 Å². The molecular weight excluding hydrogens is 162 g/mol. The normalized spacial score (nSPS) is 22.4. The van der Waals surface area contributed by atoms with Crippen molar-refractivity contribution in [2.45, 2.75) is 31.7 Å². The van der Waals surface area contributed by atoms with Crippen molar-refractivity contribution in [3.63, 3.8) is 0 Å². The van der Waals surface area contributed by atoms with Crippen molar-refractivity contribution in [3.05, 3.63) is 18.0 Å². The summed E-state index contributed by atoms with van der Waals surface area (Å²) in [7, 11) is 1.97. The molecule has 0 spiro atoms. The van der Waals surface area contributed by atoms with E-state index in [0.29, 0.717) is 0 Å². The molecule has 3 heteroatoms. The Morgan fingerprint density at radius 3 is 3.23 bits per heavy atom.